The molecule has 1 aliphatic rings. The minimum Gasteiger partial charge on any atom is -0.339 e. The highest BCUT2D eigenvalue weighted by Gasteiger charge is 2.42. The van der Waals surface area contributed by atoms with Crippen LogP contribution in [0.5, 0.6) is 0 Å². The summed E-state index contributed by atoms with van der Waals surface area (Å²) < 4.78 is 15.3. The molecule has 0 spiro atoms. The maximum atomic E-state index is 13.7. The van der Waals surface area contributed by atoms with E-state index in [1.54, 1.807) is 53.3 Å². The Balaban J connectivity index is 1.62. The third kappa shape index (κ3) is 3.83. The molecule has 0 aliphatic carbocycles. The number of aryl methyl sites for hydroxylation is 2. The van der Waals surface area contributed by atoms with Crippen LogP contribution >= 0.6 is 0 Å². The summed E-state index contributed by atoms with van der Waals surface area (Å²) in [6.45, 7) is 3.73. The molecule has 0 radical (unpaired) electrons. The monoisotopic (exact) mass is 455 g/mol. The maximum Gasteiger partial charge on any atom is 0.251 e. The van der Waals surface area contributed by atoms with Gasteiger partial charge in [0, 0.05) is 23.2 Å². The number of nitrogens with one attached hydrogen (secondary N) is 2. The number of anilines is 1. The Morgan fingerprint density at radius 2 is 1.85 bits per heavy atom. The number of aromatic nitrogens is 3. The van der Waals surface area contributed by atoms with Crippen LogP contribution in [0.25, 0.3) is 5.82 Å². The smallest absolute Gasteiger partial charge is 0.251 e. The van der Waals surface area contributed by atoms with Crippen molar-refractivity contribution in [3.63, 3.8) is 0 Å². The Kier molecular flexibility index (Phi) is 5.41. The number of hydrogen-bond acceptors (Lipinski definition) is 4. The van der Waals surface area contributed by atoms with Crippen LogP contribution in [-0.2, 0) is 4.79 Å². The van der Waals surface area contributed by atoms with E-state index in [0.717, 1.165) is 11.1 Å². The highest BCUT2D eigenvalue weighted by atomic mass is 19.1. The summed E-state index contributed by atoms with van der Waals surface area (Å²) in [7, 11) is 0. The summed E-state index contributed by atoms with van der Waals surface area (Å²) in [4.78, 5) is 30.8. The Labute approximate surface area is 195 Å². The van der Waals surface area contributed by atoms with Gasteiger partial charge in [0.25, 0.3) is 5.91 Å². The zero-order valence-corrected chi connectivity index (χ0v) is 18.6. The Morgan fingerprint density at radius 1 is 1.06 bits per heavy atom. The van der Waals surface area contributed by atoms with Crippen LogP contribution in [0.15, 0.2) is 72.9 Å². The Morgan fingerprint density at radius 3 is 2.56 bits per heavy atom. The molecule has 34 heavy (non-hydrogen) atoms. The molecule has 3 heterocycles. The molecule has 0 bridgehead atoms. The molecule has 5 rings (SSSR count). The van der Waals surface area contributed by atoms with Crippen molar-refractivity contribution in [1.29, 1.82) is 0 Å². The number of amides is 2. The first-order valence-corrected chi connectivity index (χ1v) is 10.9. The van der Waals surface area contributed by atoms with Crippen LogP contribution in [0, 0.1) is 19.7 Å². The van der Waals surface area contributed by atoms with Gasteiger partial charge in [-0.1, -0.05) is 35.9 Å². The molecule has 0 fully saturated rings. The maximum absolute atomic E-state index is 13.7. The van der Waals surface area contributed by atoms with E-state index in [1.165, 1.54) is 12.1 Å². The third-order valence-corrected chi connectivity index (χ3v) is 5.94. The summed E-state index contributed by atoms with van der Waals surface area (Å²) in [6.07, 6.45) is 1.64. The fraction of sp³-hybridized carbons (Fsp3) is 0.154. The van der Waals surface area contributed by atoms with Gasteiger partial charge in [0.2, 0.25) is 5.91 Å². The first-order chi connectivity index (χ1) is 16.4. The lowest BCUT2D eigenvalue weighted by molar-refractivity contribution is -0.118. The van der Waals surface area contributed by atoms with Gasteiger partial charge in [-0.2, -0.15) is 9.78 Å². The molecule has 7 nitrogen and oxygen atoms in total. The van der Waals surface area contributed by atoms with Crippen molar-refractivity contribution in [3.05, 3.63) is 107 Å². The van der Waals surface area contributed by atoms with E-state index in [-0.39, 0.29) is 17.6 Å². The first-order valence-electron chi connectivity index (χ1n) is 10.9. The Hall–Kier alpha value is -4.33. The SMILES string of the molecule is Cc1cccc(C(=O)N[C@H]2C(=O)Nc3c(c(C)nn3-c3ccccn3)[C@@H]2c2ccc(F)cc2)c1. The number of hydrogen-bond donors (Lipinski definition) is 2. The fourth-order valence-electron chi connectivity index (χ4n) is 4.38. The molecule has 2 aromatic heterocycles. The van der Waals surface area contributed by atoms with Crippen LogP contribution in [0.3, 0.4) is 0 Å². The minimum absolute atomic E-state index is 0.366. The molecule has 2 aromatic carbocycles. The van der Waals surface area contributed by atoms with Crippen LogP contribution < -0.4 is 10.6 Å². The molecule has 0 unspecified atom stereocenters. The minimum atomic E-state index is -0.925. The number of benzene rings is 2. The molecule has 4 aromatic rings. The van der Waals surface area contributed by atoms with Gasteiger partial charge in [0.15, 0.2) is 5.82 Å². The summed E-state index contributed by atoms with van der Waals surface area (Å²) in [6, 6.07) is 17.6. The highest BCUT2D eigenvalue weighted by molar-refractivity contribution is 6.04. The summed E-state index contributed by atoms with van der Waals surface area (Å²) in [5, 5.41) is 10.4. The summed E-state index contributed by atoms with van der Waals surface area (Å²) in [5.41, 5.74) is 3.50. The molecule has 8 heteroatoms. The second-order valence-electron chi connectivity index (χ2n) is 8.29. The largest absolute Gasteiger partial charge is 0.339 e. The third-order valence-electron chi connectivity index (χ3n) is 5.94. The number of halogens is 1. The van der Waals surface area contributed by atoms with Crippen LogP contribution in [0.4, 0.5) is 10.2 Å². The number of nitrogens with zero attached hydrogens (tertiary/aromatic N) is 3. The summed E-state index contributed by atoms with van der Waals surface area (Å²) in [5.74, 6) is -0.682. The second-order valence-corrected chi connectivity index (χ2v) is 8.29. The number of carbonyl (C=O) groups excluding carboxylic acids is 2. The van der Waals surface area contributed by atoms with Crippen molar-refractivity contribution in [2.75, 3.05) is 5.32 Å². The predicted molar refractivity (Wildman–Crippen MR) is 125 cm³/mol. The molecular weight excluding hydrogens is 433 g/mol. The predicted octanol–water partition coefficient (Wildman–Crippen LogP) is 3.91. The van der Waals surface area contributed by atoms with E-state index < -0.39 is 12.0 Å². The molecule has 0 saturated heterocycles. The zero-order valence-electron chi connectivity index (χ0n) is 18.6. The quantitative estimate of drug-likeness (QED) is 0.488. The number of pyridine rings is 1. The van der Waals surface area contributed by atoms with Crippen molar-refractivity contribution in [1.82, 2.24) is 20.1 Å². The van der Waals surface area contributed by atoms with Gasteiger partial charge in [0.05, 0.1) is 5.69 Å². The van der Waals surface area contributed by atoms with Crippen LogP contribution in [-0.4, -0.2) is 32.6 Å². The van der Waals surface area contributed by atoms with Crippen molar-refractivity contribution in [3.8, 4) is 5.82 Å². The lowest BCUT2D eigenvalue weighted by Gasteiger charge is -2.32. The molecule has 2 N–H and O–H groups in total. The Bertz CT molecular complexity index is 1380. The van der Waals surface area contributed by atoms with Crippen LogP contribution in [0.1, 0.15) is 38.7 Å². The molecular formula is C26H22FN5O2. The average molecular weight is 455 g/mol. The van der Waals surface area contributed by atoms with Gasteiger partial charge in [-0.25, -0.2) is 9.37 Å². The molecule has 170 valence electrons. The van der Waals surface area contributed by atoms with E-state index in [9.17, 15) is 14.0 Å². The van der Waals surface area contributed by atoms with E-state index in [1.807, 2.05) is 26.0 Å². The lowest BCUT2D eigenvalue weighted by atomic mass is 9.82. The van der Waals surface area contributed by atoms with Gasteiger partial charge in [-0.15, -0.1) is 0 Å². The molecule has 1 aliphatic heterocycles. The van der Waals surface area contributed by atoms with Gasteiger partial charge >= 0.3 is 0 Å². The molecule has 2 atom stereocenters. The van der Waals surface area contributed by atoms with Crippen molar-refractivity contribution in [2.45, 2.75) is 25.8 Å². The van der Waals surface area contributed by atoms with Gasteiger partial charge in [-0.3, -0.25) is 9.59 Å². The van der Waals surface area contributed by atoms with Gasteiger partial charge in [-0.05, 0) is 55.8 Å². The standard InChI is InChI=1S/C26H22FN5O2/c1-15-6-5-7-18(14-15)25(33)29-23-22(17-9-11-19(27)12-10-17)21-16(2)31-32(24(21)30-26(23)34)20-8-3-4-13-28-20/h3-14,22-23H,1-2H3,(H,29,33)(H,30,34)/t22-,23+/m0/s1. The van der Waals surface area contributed by atoms with Crippen molar-refractivity contribution in [2.24, 2.45) is 0 Å². The van der Waals surface area contributed by atoms with E-state index >= 15 is 0 Å². The lowest BCUT2D eigenvalue weighted by Crippen LogP contribution is -2.50. The van der Waals surface area contributed by atoms with E-state index in [4.69, 9.17) is 0 Å². The van der Waals surface area contributed by atoms with E-state index in [0.29, 0.717) is 28.5 Å². The van der Waals surface area contributed by atoms with Gasteiger partial charge < -0.3 is 10.6 Å². The highest BCUT2D eigenvalue weighted by Crippen LogP contribution is 2.40. The molecule has 2 amide bonds. The number of carbonyl (C=O) groups is 2. The fourth-order valence-corrected chi connectivity index (χ4v) is 4.38. The normalized spacial score (nSPS) is 17.1. The second kappa shape index (κ2) is 8.55. The topological polar surface area (TPSA) is 88.9 Å². The average Bonchev–Trinajstić information content (AvgIpc) is 3.16. The van der Waals surface area contributed by atoms with Crippen LogP contribution in [0.2, 0.25) is 0 Å². The first kappa shape index (κ1) is 21.5. The number of rotatable bonds is 4. The molecule has 0 saturated carbocycles. The van der Waals surface area contributed by atoms with E-state index in [2.05, 4.69) is 20.7 Å². The van der Waals surface area contributed by atoms with Gasteiger partial charge in [0.1, 0.15) is 17.7 Å². The van der Waals surface area contributed by atoms with Crippen molar-refractivity contribution < 1.29 is 14.0 Å². The van der Waals surface area contributed by atoms with Crippen molar-refractivity contribution >= 4 is 17.6 Å². The zero-order chi connectivity index (χ0) is 23.8. The summed E-state index contributed by atoms with van der Waals surface area (Å²) >= 11 is 0. The number of fused-ring (bicyclic) bond motifs is 1.